The van der Waals surface area contributed by atoms with Crippen LogP contribution in [0.25, 0.3) is 0 Å². The summed E-state index contributed by atoms with van der Waals surface area (Å²) >= 11 is 4.24. The van der Waals surface area contributed by atoms with Crippen LogP contribution in [0.5, 0.6) is 5.75 Å². The zero-order chi connectivity index (χ0) is 12.3. The van der Waals surface area contributed by atoms with Gasteiger partial charge in [-0.15, -0.1) is 12.6 Å². The second-order valence-corrected chi connectivity index (χ2v) is 4.98. The van der Waals surface area contributed by atoms with E-state index in [4.69, 9.17) is 4.74 Å². The van der Waals surface area contributed by atoms with Crippen LogP contribution in [0, 0.1) is 0 Å². The number of hydrogen-bond acceptors (Lipinski definition) is 2. The molecule has 0 saturated heterocycles. The highest BCUT2D eigenvalue weighted by molar-refractivity contribution is 7.80. The van der Waals surface area contributed by atoms with E-state index >= 15 is 0 Å². The summed E-state index contributed by atoms with van der Waals surface area (Å²) in [5, 5.41) is 0. The van der Waals surface area contributed by atoms with E-state index in [-0.39, 0.29) is 0 Å². The maximum atomic E-state index is 5.65. The summed E-state index contributed by atoms with van der Waals surface area (Å²) in [6.07, 6.45) is 9.27. The molecule has 0 fully saturated rings. The highest BCUT2D eigenvalue weighted by atomic mass is 32.1. The number of benzene rings is 1. The highest BCUT2D eigenvalue weighted by Crippen LogP contribution is 2.15. The molecule has 0 unspecified atom stereocenters. The van der Waals surface area contributed by atoms with Gasteiger partial charge in [0, 0.05) is 4.90 Å². The molecule has 0 heterocycles. The first-order valence-corrected chi connectivity index (χ1v) is 7.19. The van der Waals surface area contributed by atoms with E-state index < -0.39 is 0 Å². The monoisotopic (exact) mass is 252 g/mol. The Balaban J connectivity index is 1.95. The van der Waals surface area contributed by atoms with Crippen molar-refractivity contribution in [2.45, 2.75) is 56.8 Å². The third kappa shape index (κ3) is 7.32. The predicted octanol–water partition coefficient (Wildman–Crippen LogP) is 5.10. The van der Waals surface area contributed by atoms with Crippen molar-refractivity contribution in [1.29, 1.82) is 0 Å². The van der Waals surface area contributed by atoms with Crippen LogP contribution < -0.4 is 4.74 Å². The minimum absolute atomic E-state index is 0.833. The molecule has 0 saturated carbocycles. The van der Waals surface area contributed by atoms with E-state index in [0.29, 0.717) is 0 Å². The third-order valence-electron chi connectivity index (χ3n) is 2.85. The molecule has 96 valence electrons. The molecule has 1 aromatic carbocycles. The minimum Gasteiger partial charge on any atom is -0.494 e. The fourth-order valence-electron chi connectivity index (χ4n) is 1.79. The van der Waals surface area contributed by atoms with Crippen molar-refractivity contribution < 1.29 is 4.74 Å². The lowest BCUT2D eigenvalue weighted by molar-refractivity contribution is 0.304. The summed E-state index contributed by atoms with van der Waals surface area (Å²) in [4.78, 5) is 0.980. The smallest absolute Gasteiger partial charge is 0.119 e. The summed E-state index contributed by atoms with van der Waals surface area (Å²) in [5.41, 5.74) is 0. The van der Waals surface area contributed by atoms with Crippen LogP contribution in [-0.4, -0.2) is 6.61 Å². The van der Waals surface area contributed by atoms with Gasteiger partial charge in [0.1, 0.15) is 5.75 Å². The molecule has 0 aromatic heterocycles. The average Bonchev–Trinajstić information content (AvgIpc) is 2.35. The Morgan fingerprint density at radius 2 is 1.47 bits per heavy atom. The molecule has 0 amide bonds. The third-order valence-corrected chi connectivity index (χ3v) is 3.15. The largest absolute Gasteiger partial charge is 0.494 e. The number of ether oxygens (including phenoxy) is 1. The quantitative estimate of drug-likeness (QED) is 0.475. The van der Waals surface area contributed by atoms with Crippen LogP contribution in [0.15, 0.2) is 29.2 Å². The van der Waals surface area contributed by atoms with Crippen molar-refractivity contribution in [2.24, 2.45) is 0 Å². The summed E-state index contributed by atoms with van der Waals surface area (Å²) in [7, 11) is 0. The Labute approximate surface area is 111 Å². The van der Waals surface area contributed by atoms with E-state index in [1.165, 1.54) is 38.5 Å². The van der Waals surface area contributed by atoms with E-state index in [9.17, 15) is 0 Å². The van der Waals surface area contributed by atoms with Gasteiger partial charge in [0.2, 0.25) is 0 Å². The van der Waals surface area contributed by atoms with Gasteiger partial charge in [-0.1, -0.05) is 45.4 Å². The van der Waals surface area contributed by atoms with Crippen LogP contribution in [0.3, 0.4) is 0 Å². The lowest BCUT2D eigenvalue weighted by atomic mass is 10.1. The van der Waals surface area contributed by atoms with E-state index in [1.54, 1.807) is 0 Å². The van der Waals surface area contributed by atoms with Crippen molar-refractivity contribution in [3.05, 3.63) is 24.3 Å². The highest BCUT2D eigenvalue weighted by Gasteiger charge is 1.94. The zero-order valence-electron chi connectivity index (χ0n) is 10.8. The number of unbranched alkanes of at least 4 members (excludes halogenated alkanes) is 6. The molecule has 1 aromatic rings. The first kappa shape index (κ1) is 14.4. The second-order valence-electron chi connectivity index (χ2n) is 4.46. The summed E-state index contributed by atoms with van der Waals surface area (Å²) in [6, 6.07) is 7.87. The summed E-state index contributed by atoms with van der Waals surface area (Å²) in [6.45, 7) is 3.09. The standard InChI is InChI=1S/C15H24OS/c1-2-3-4-5-6-7-8-13-16-14-9-11-15(17)12-10-14/h9-12,17H,2-8,13H2,1H3. The maximum Gasteiger partial charge on any atom is 0.119 e. The fraction of sp³-hybridized carbons (Fsp3) is 0.600. The average molecular weight is 252 g/mol. The van der Waals surface area contributed by atoms with Gasteiger partial charge < -0.3 is 4.74 Å². The predicted molar refractivity (Wildman–Crippen MR) is 77.2 cm³/mol. The summed E-state index contributed by atoms with van der Waals surface area (Å²) < 4.78 is 5.65. The molecule has 1 nitrogen and oxygen atoms in total. The van der Waals surface area contributed by atoms with Gasteiger partial charge in [-0.25, -0.2) is 0 Å². The van der Waals surface area contributed by atoms with Gasteiger partial charge in [0.05, 0.1) is 6.61 Å². The molecule has 2 heteroatoms. The molecule has 0 spiro atoms. The molecular weight excluding hydrogens is 228 g/mol. The number of hydrogen-bond donors (Lipinski definition) is 1. The van der Waals surface area contributed by atoms with Crippen molar-refractivity contribution in [3.63, 3.8) is 0 Å². The molecule has 0 aliphatic rings. The van der Waals surface area contributed by atoms with Gasteiger partial charge >= 0.3 is 0 Å². The number of thiol groups is 1. The molecule has 17 heavy (non-hydrogen) atoms. The molecule has 0 radical (unpaired) electrons. The lowest BCUT2D eigenvalue weighted by Crippen LogP contribution is -1.96. The Hall–Kier alpha value is -0.630. The van der Waals surface area contributed by atoms with Gasteiger partial charge in [-0.3, -0.25) is 0 Å². The zero-order valence-corrected chi connectivity index (χ0v) is 11.7. The Morgan fingerprint density at radius 3 is 2.12 bits per heavy atom. The SMILES string of the molecule is CCCCCCCCCOc1ccc(S)cc1. The minimum atomic E-state index is 0.833. The Morgan fingerprint density at radius 1 is 0.882 bits per heavy atom. The van der Waals surface area contributed by atoms with Crippen LogP contribution >= 0.6 is 12.6 Å². The van der Waals surface area contributed by atoms with Crippen LogP contribution in [0.2, 0.25) is 0 Å². The summed E-state index contributed by atoms with van der Waals surface area (Å²) in [5.74, 6) is 0.953. The maximum absolute atomic E-state index is 5.65. The van der Waals surface area contributed by atoms with Crippen molar-refractivity contribution >= 4 is 12.6 Å². The molecule has 0 aliphatic heterocycles. The van der Waals surface area contributed by atoms with E-state index in [2.05, 4.69) is 19.6 Å². The lowest BCUT2D eigenvalue weighted by Gasteiger charge is -2.06. The Bertz CT molecular complexity index is 281. The van der Waals surface area contributed by atoms with Gasteiger partial charge in [-0.05, 0) is 30.7 Å². The van der Waals surface area contributed by atoms with Crippen molar-refractivity contribution in [3.8, 4) is 5.75 Å². The fourth-order valence-corrected chi connectivity index (χ4v) is 1.94. The van der Waals surface area contributed by atoms with Crippen LogP contribution in [0.1, 0.15) is 51.9 Å². The van der Waals surface area contributed by atoms with Crippen LogP contribution in [-0.2, 0) is 0 Å². The second kappa shape index (κ2) is 9.41. The van der Waals surface area contributed by atoms with Gasteiger partial charge in [-0.2, -0.15) is 0 Å². The number of rotatable bonds is 9. The molecule has 0 atom stereocenters. The van der Waals surface area contributed by atoms with Crippen LogP contribution in [0.4, 0.5) is 0 Å². The molecule has 1 rings (SSSR count). The van der Waals surface area contributed by atoms with Crippen molar-refractivity contribution in [2.75, 3.05) is 6.61 Å². The van der Waals surface area contributed by atoms with Gasteiger partial charge in [0.25, 0.3) is 0 Å². The van der Waals surface area contributed by atoms with E-state index in [0.717, 1.165) is 23.7 Å². The molecule has 0 aliphatic carbocycles. The first-order valence-electron chi connectivity index (χ1n) is 6.74. The normalized spacial score (nSPS) is 10.5. The topological polar surface area (TPSA) is 9.23 Å². The first-order chi connectivity index (χ1) is 8.33. The van der Waals surface area contributed by atoms with Gasteiger partial charge in [0.15, 0.2) is 0 Å². The van der Waals surface area contributed by atoms with Crippen molar-refractivity contribution in [1.82, 2.24) is 0 Å². The molecule has 0 bridgehead atoms. The van der Waals surface area contributed by atoms with E-state index in [1.807, 2.05) is 24.3 Å². The molecular formula is C15H24OS. The Kier molecular flexibility index (Phi) is 7.98. The molecule has 0 N–H and O–H groups in total.